The molecule has 0 saturated heterocycles. The van der Waals surface area contributed by atoms with Crippen molar-refractivity contribution in [2.45, 2.75) is 173 Å². The molecule has 6 aromatic rings. The summed E-state index contributed by atoms with van der Waals surface area (Å²) in [5.74, 6) is 0. The Bertz CT molecular complexity index is 3290. The van der Waals surface area contributed by atoms with E-state index in [0.29, 0.717) is 5.69 Å². The number of aromatic nitrogens is 1. The van der Waals surface area contributed by atoms with E-state index in [4.69, 9.17) is 1.37 Å². The molecule has 4 aliphatic heterocycles. The number of benzene rings is 5. The lowest BCUT2D eigenvalue weighted by atomic mass is 9.33. The van der Waals surface area contributed by atoms with Gasteiger partial charge in [0.15, 0.2) is 0 Å². The average molecular weight is 832 g/mol. The SMILES string of the molecule is [2H]c1c([2H])c([2H])c2c(c1[2H])N(c1cc3c4c(c1)-n1c5c(c6cc(C(C)(C)C)cc(c61)B4c1cc(C(C)(C)C)cc4c1N3C1(C)CCCCC41C)C(C)(C)c1ccccc1-5)C1(C)CCCCC21C. The van der Waals surface area contributed by atoms with Crippen LogP contribution in [0.4, 0.5) is 22.7 Å². The first kappa shape index (κ1) is 34.7. The van der Waals surface area contributed by atoms with E-state index in [9.17, 15) is 4.11 Å². The summed E-state index contributed by atoms with van der Waals surface area (Å²) in [6.07, 6.45) is 8.51. The van der Waals surface area contributed by atoms with Crippen LogP contribution < -0.4 is 26.2 Å². The highest BCUT2D eigenvalue weighted by Crippen LogP contribution is 2.65. The van der Waals surface area contributed by atoms with E-state index in [-0.39, 0.29) is 58.1 Å². The Balaban J connectivity index is 1.24. The molecule has 0 spiro atoms. The van der Waals surface area contributed by atoms with Gasteiger partial charge in [-0.25, -0.2) is 0 Å². The van der Waals surface area contributed by atoms with Gasteiger partial charge in [0, 0.05) is 61.1 Å². The maximum absolute atomic E-state index is 9.79. The molecule has 4 unspecified atom stereocenters. The van der Waals surface area contributed by atoms with Crippen LogP contribution in [-0.2, 0) is 27.1 Å². The van der Waals surface area contributed by atoms with Gasteiger partial charge in [-0.05, 0) is 124 Å². The van der Waals surface area contributed by atoms with Gasteiger partial charge in [-0.2, -0.15) is 0 Å². The number of fused-ring (bicyclic) bond motifs is 15. The summed E-state index contributed by atoms with van der Waals surface area (Å²) in [6.45, 7) is 29.0. The molecule has 0 radical (unpaired) electrons. The highest BCUT2D eigenvalue weighted by molar-refractivity contribution is 7.00. The molecular formula is C59H66BN3. The monoisotopic (exact) mass is 832 g/mol. The Morgan fingerprint density at radius 1 is 0.603 bits per heavy atom. The van der Waals surface area contributed by atoms with Gasteiger partial charge < -0.3 is 14.4 Å². The standard InChI is InChI=1S/C59H66BN3/c1-53(2,3)35-29-39-48-51(38-21-13-14-22-40(38)55(48,7)8)61-46-33-37(62-45-24-16-15-23-41(45)56(9)25-17-19-27-58(56,62)11)34-47-49(46)60(43(31-35)50(39)61)44-32-36(54(4,5)6)30-42-52(44)63(47)59(12)28-20-18-26-57(42,59)10/h13-16,21-24,29-34H,17-20,25-28H2,1-12H3/i15D,16D,23D,24D. The Kier molecular flexibility index (Phi) is 6.37. The Morgan fingerprint density at radius 2 is 1.21 bits per heavy atom. The largest absolute Gasteiger partial charge is 0.335 e. The summed E-state index contributed by atoms with van der Waals surface area (Å²) >= 11 is 0. The van der Waals surface area contributed by atoms with Crippen molar-refractivity contribution in [2.24, 2.45) is 0 Å². The van der Waals surface area contributed by atoms with E-state index in [2.05, 4.69) is 158 Å². The molecule has 1 aromatic heterocycles. The number of hydrogen-bond donors (Lipinski definition) is 0. The van der Waals surface area contributed by atoms with Gasteiger partial charge in [-0.1, -0.05) is 156 Å². The summed E-state index contributed by atoms with van der Waals surface area (Å²) in [5.41, 5.74) is 20.0. The van der Waals surface area contributed by atoms with Crippen LogP contribution in [0.3, 0.4) is 0 Å². The van der Waals surface area contributed by atoms with Crippen molar-refractivity contribution in [2.75, 3.05) is 9.80 Å². The lowest BCUT2D eigenvalue weighted by molar-refractivity contribution is 0.194. The van der Waals surface area contributed by atoms with Gasteiger partial charge in [0.2, 0.25) is 0 Å². The van der Waals surface area contributed by atoms with Crippen molar-refractivity contribution in [1.82, 2.24) is 4.57 Å². The minimum atomic E-state index is -0.482. The molecule has 4 heteroatoms. The van der Waals surface area contributed by atoms with Crippen LogP contribution in [-0.4, -0.2) is 22.4 Å². The third-order valence-corrected chi connectivity index (χ3v) is 19.0. The van der Waals surface area contributed by atoms with E-state index < -0.39 is 11.0 Å². The zero-order chi connectivity index (χ0) is 47.2. The molecule has 2 fully saturated rings. The van der Waals surface area contributed by atoms with Gasteiger partial charge in [-0.15, -0.1) is 0 Å². The van der Waals surface area contributed by atoms with Crippen molar-refractivity contribution in [1.29, 1.82) is 0 Å². The van der Waals surface area contributed by atoms with Gasteiger partial charge in [0.25, 0.3) is 6.71 Å². The van der Waals surface area contributed by atoms with Crippen LogP contribution in [0.5, 0.6) is 0 Å². The van der Waals surface area contributed by atoms with Crippen LogP contribution in [0, 0.1) is 0 Å². The van der Waals surface area contributed by atoms with Crippen molar-refractivity contribution < 1.29 is 5.48 Å². The highest BCUT2D eigenvalue weighted by atomic mass is 15.3. The minimum Gasteiger partial charge on any atom is -0.335 e. The van der Waals surface area contributed by atoms with Gasteiger partial charge in [-0.3, -0.25) is 0 Å². The summed E-state index contributed by atoms with van der Waals surface area (Å²) in [7, 11) is 0. The smallest absolute Gasteiger partial charge is 0.252 e. The molecular weight excluding hydrogens is 761 g/mol. The fourth-order valence-corrected chi connectivity index (χ4v) is 15.2. The molecule has 5 aromatic carbocycles. The van der Waals surface area contributed by atoms with E-state index >= 15 is 0 Å². The first-order chi connectivity index (χ1) is 31.4. The predicted octanol–water partition coefficient (Wildman–Crippen LogP) is 13.2. The average Bonchev–Trinajstić information content (AvgIpc) is 3.89. The number of anilines is 4. The van der Waals surface area contributed by atoms with Crippen LogP contribution in [0.25, 0.3) is 27.8 Å². The molecule has 320 valence electrons. The fraction of sp³-hybridized carbons (Fsp3) is 0.458. The molecule has 0 N–H and O–H groups in total. The van der Waals surface area contributed by atoms with Crippen molar-refractivity contribution in [3.63, 3.8) is 0 Å². The minimum absolute atomic E-state index is 0.0110. The molecule has 3 aliphatic carbocycles. The van der Waals surface area contributed by atoms with Gasteiger partial charge >= 0.3 is 0 Å². The summed E-state index contributed by atoms with van der Waals surface area (Å²) < 4.78 is 40.2. The lowest BCUT2D eigenvalue weighted by Crippen LogP contribution is -2.64. The first-order valence-corrected chi connectivity index (χ1v) is 24.3. The van der Waals surface area contributed by atoms with E-state index in [1.807, 2.05) is 0 Å². The third-order valence-electron chi connectivity index (χ3n) is 19.0. The van der Waals surface area contributed by atoms with E-state index in [1.165, 1.54) is 96.3 Å². The molecule has 5 heterocycles. The second-order valence-electron chi connectivity index (χ2n) is 24.5. The van der Waals surface area contributed by atoms with Crippen LogP contribution in [0.15, 0.2) is 84.8 Å². The molecule has 2 saturated carbocycles. The van der Waals surface area contributed by atoms with Crippen molar-refractivity contribution in [3.05, 3.63) is 118 Å². The van der Waals surface area contributed by atoms with E-state index in [0.717, 1.165) is 49.8 Å². The normalized spacial score (nSPS) is 28.7. The second-order valence-corrected chi connectivity index (χ2v) is 24.5. The first-order valence-electron chi connectivity index (χ1n) is 26.3. The maximum atomic E-state index is 9.79. The van der Waals surface area contributed by atoms with Gasteiger partial charge in [0.1, 0.15) is 0 Å². The van der Waals surface area contributed by atoms with Gasteiger partial charge in [0.05, 0.1) is 22.3 Å². The van der Waals surface area contributed by atoms with Crippen LogP contribution >= 0.6 is 0 Å². The zero-order valence-electron chi connectivity index (χ0n) is 43.8. The number of hydrogen-bond acceptors (Lipinski definition) is 2. The summed E-state index contributed by atoms with van der Waals surface area (Å²) in [4.78, 5) is 5.29. The Labute approximate surface area is 383 Å². The van der Waals surface area contributed by atoms with Crippen molar-refractivity contribution >= 4 is 56.8 Å². The number of nitrogens with zero attached hydrogens (tertiary/aromatic N) is 3. The summed E-state index contributed by atoms with van der Waals surface area (Å²) in [5, 5.41) is 1.35. The molecule has 63 heavy (non-hydrogen) atoms. The topological polar surface area (TPSA) is 11.4 Å². The fourth-order valence-electron chi connectivity index (χ4n) is 15.2. The second kappa shape index (κ2) is 11.6. The lowest BCUT2D eigenvalue weighted by Gasteiger charge is -2.53. The van der Waals surface area contributed by atoms with E-state index in [1.54, 1.807) is 0 Å². The Morgan fingerprint density at radius 3 is 1.92 bits per heavy atom. The number of rotatable bonds is 1. The summed E-state index contributed by atoms with van der Waals surface area (Å²) in [6, 6.07) is 24.4. The maximum Gasteiger partial charge on any atom is 0.252 e. The highest BCUT2D eigenvalue weighted by Gasteiger charge is 2.63. The molecule has 0 bridgehead atoms. The zero-order valence-corrected chi connectivity index (χ0v) is 39.8. The molecule has 13 rings (SSSR count). The molecule has 7 aliphatic rings. The molecule has 3 nitrogen and oxygen atoms in total. The third kappa shape index (κ3) is 4.33. The van der Waals surface area contributed by atoms with Crippen LogP contribution in [0.2, 0.25) is 0 Å². The predicted molar refractivity (Wildman–Crippen MR) is 269 cm³/mol. The molecule has 4 atom stereocenters. The van der Waals surface area contributed by atoms with Crippen LogP contribution in [0.1, 0.15) is 173 Å². The molecule has 0 amide bonds. The number of para-hydroxylation sites is 1. The van der Waals surface area contributed by atoms with Crippen molar-refractivity contribution in [3.8, 4) is 16.9 Å². The Hall–Kier alpha value is -4.70. The quantitative estimate of drug-likeness (QED) is 0.153.